The van der Waals surface area contributed by atoms with Crippen LogP contribution in [-0.2, 0) is 16.0 Å². The number of fused-ring (bicyclic) bond motifs is 1. The lowest BCUT2D eigenvalue weighted by Crippen LogP contribution is -2.11. The van der Waals surface area contributed by atoms with Crippen molar-refractivity contribution in [3.63, 3.8) is 0 Å². The Bertz CT molecular complexity index is 1400. The molecule has 0 saturated carbocycles. The Hall–Kier alpha value is -4.59. The molecule has 178 valence electrons. The molecule has 1 aromatic heterocycles. The number of rotatable bonds is 8. The zero-order chi connectivity index (χ0) is 24.8. The van der Waals surface area contributed by atoms with Crippen LogP contribution in [0.4, 0.5) is 0 Å². The molecule has 8 nitrogen and oxygen atoms in total. The maximum absolute atomic E-state index is 12.8. The molecule has 0 atom stereocenters. The van der Waals surface area contributed by atoms with Gasteiger partial charge in [-0.05, 0) is 61.0 Å². The number of benzene rings is 3. The van der Waals surface area contributed by atoms with Gasteiger partial charge >= 0.3 is 11.9 Å². The predicted molar refractivity (Wildman–Crippen MR) is 127 cm³/mol. The fourth-order valence-electron chi connectivity index (χ4n) is 3.30. The summed E-state index contributed by atoms with van der Waals surface area (Å²) in [7, 11) is 1.57. The molecule has 0 N–H and O–H groups in total. The number of hydrogen-bond acceptors (Lipinski definition) is 8. The van der Waals surface area contributed by atoms with Gasteiger partial charge in [-0.2, -0.15) is 0 Å². The average Bonchev–Trinajstić information content (AvgIpc) is 2.87. The van der Waals surface area contributed by atoms with Crippen LogP contribution in [0.5, 0.6) is 23.0 Å². The van der Waals surface area contributed by atoms with Crippen molar-refractivity contribution < 1.29 is 33.0 Å². The molecule has 0 spiro atoms. The summed E-state index contributed by atoms with van der Waals surface area (Å²) in [5.41, 5.74) is 1.01. The van der Waals surface area contributed by atoms with E-state index in [1.54, 1.807) is 62.6 Å². The van der Waals surface area contributed by atoms with Crippen LogP contribution < -0.4 is 19.6 Å². The molecule has 0 aliphatic heterocycles. The number of methoxy groups -OCH3 is 1. The van der Waals surface area contributed by atoms with E-state index < -0.39 is 17.4 Å². The summed E-state index contributed by atoms with van der Waals surface area (Å²) in [5.74, 6) is 0.387. The second-order valence-electron chi connectivity index (χ2n) is 7.43. The minimum Gasteiger partial charge on any atom is -0.497 e. The van der Waals surface area contributed by atoms with E-state index in [9.17, 15) is 14.4 Å². The fraction of sp³-hybridized carbons (Fsp3) is 0.148. The molecule has 8 heteroatoms. The van der Waals surface area contributed by atoms with Crippen molar-refractivity contribution in [1.29, 1.82) is 0 Å². The van der Waals surface area contributed by atoms with Crippen LogP contribution in [0.15, 0.2) is 82.2 Å². The summed E-state index contributed by atoms with van der Waals surface area (Å²) >= 11 is 0. The van der Waals surface area contributed by atoms with E-state index in [-0.39, 0.29) is 35.5 Å². The van der Waals surface area contributed by atoms with Gasteiger partial charge in [-0.3, -0.25) is 9.59 Å². The monoisotopic (exact) mass is 474 g/mol. The fourth-order valence-corrected chi connectivity index (χ4v) is 3.30. The highest BCUT2D eigenvalue weighted by Gasteiger charge is 2.13. The van der Waals surface area contributed by atoms with Gasteiger partial charge < -0.3 is 23.4 Å². The van der Waals surface area contributed by atoms with Gasteiger partial charge in [0, 0.05) is 6.07 Å². The Labute approximate surface area is 200 Å². The molecule has 0 aliphatic rings. The van der Waals surface area contributed by atoms with Crippen molar-refractivity contribution in [2.24, 2.45) is 0 Å². The Kier molecular flexibility index (Phi) is 7.11. The van der Waals surface area contributed by atoms with Crippen LogP contribution in [0.1, 0.15) is 22.8 Å². The Morgan fingerprint density at radius 1 is 0.886 bits per heavy atom. The molecular weight excluding hydrogens is 452 g/mol. The van der Waals surface area contributed by atoms with Crippen molar-refractivity contribution in [3.8, 4) is 23.0 Å². The first-order valence-corrected chi connectivity index (χ1v) is 10.8. The van der Waals surface area contributed by atoms with Gasteiger partial charge in [0.2, 0.25) is 11.2 Å². The average molecular weight is 474 g/mol. The normalized spacial score (nSPS) is 10.6. The topological polar surface area (TPSA) is 101 Å². The summed E-state index contributed by atoms with van der Waals surface area (Å²) in [6.07, 6.45) is 1.26. The van der Waals surface area contributed by atoms with Crippen molar-refractivity contribution in [3.05, 3.63) is 94.3 Å². The van der Waals surface area contributed by atoms with E-state index in [1.807, 2.05) is 0 Å². The van der Waals surface area contributed by atoms with E-state index >= 15 is 0 Å². The summed E-state index contributed by atoms with van der Waals surface area (Å²) in [6.45, 7) is 2.00. The second kappa shape index (κ2) is 10.6. The van der Waals surface area contributed by atoms with Gasteiger partial charge in [-0.1, -0.05) is 12.1 Å². The Morgan fingerprint density at radius 2 is 1.57 bits per heavy atom. The zero-order valence-corrected chi connectivity index (χ0v) is 19.1. The molecule has 0 fully saturated rings. The minimum absolute atomic E-state index is 0.0226. The van der Waals surface area contributed by atoms with E-state index in [2.05, 4.69) is 0 Å². The third-order valence-corrected chi connectivity index (χ3v) is 5.05. The minimum atomic E-state index is -0.455. The number of ether oxygens (including phenoxy) is 4. The molecule has 0 bridgehead atoms. The highest BCUT2D eigenvalue weighted by molar-refractivity contribution is 5.89. The van der Waals surface area contributed by atoms with Crippen molar-refractivity contribution in [1.82, 2.24) is 0 Å². The van der Waals surface area contributed by atoms with Crippen molar-refractivity contribution in [2.45, 2.75) is 13.3 Å². The molecule has 35 heavy (non-hydrogen) atoms. The highest BCUT2D eigenvalue weighted by atomic mass is 16.5. The molecular formula is C27H22O8. The molecule has 3 aromatic carbocycles. The number of hydrogen-bond donors (Lipinski definition) is 0. The van der Waals surface area contributed by atoms with Crippen molar-refractivity contribution in [2.75, 3.05) is 13.7 Å². The van der Waals surface area contributed by atoms with Crippen LogP contribution in [-0.4, -0.2) is 25.7 Å². The van der Waals surface area contributed by atoms with Gasteiger partial charge in [-0.25, -0.2) is 4.79 Å². The quantitative estimate of drug-likeness (QED) is 0.262. The third-order valence-electron chi connectivity index (χ3n) is 5.05. The maximum Gasteiger partial charge on any atom is 0.338 e. The molecule has 0 aliphatic carbocycles. The number of carbonyl (C=O) groups excluding carboxylic acids is 2. The lowest BCUT2D eigenvalue weighted by Gasteiger charge is -2.08. The van der Waals surface area contributed by atoms with Crippen LogP contribution in [0.3, 0.4) is 0 Å². The first-order valence-electron chi connectivity index (χ1n) is 10.8. The Balaban J connectivity index is 1.45. The van der Waals surface area contributed by atoms with Gasteiger partial charge in [0.15, 0.2) is 0 Å². The number of esters is 2. The molecule has 4 aromatic rings. The van der Waals surface area contributed by atoms with Gasteiger partial charge in [0.05, 0.1) is 31.1 Å². The van der Waals surface area contributed by atoms with E-state index in [0.717, 1.165) is 5.56 Å². The van der Waals surface area contributed by atoms with E-state index in [4.69, 9.17) is 23.4 Å². The van der Waals surface area contributed by atoms with Crippen LogP contribution in [0.2, 0.25) is 0 Å². The second-order valence-corrected chi connectivity index (χ2v) is 7.43. The van der Waals surface area contributed by atoms with Crippen LogP contribution in [0.25, 0.3) is 11.0 Å². The van der Waals surface area contributed by atoms with Crippen molar-refractivity contribution >= 4 is 22.9 Å². The molecule has 0 unspecified atom stereocenters. The molecule has 0 amide bonds. The smallest absolute Gasteiger partial charge is 0.338 e. The SMILES string of the molecule is CCOC(=O)c1ccc(Oc2coc3cc(OC(=O)Cc4ccc(OC)cc4)ccc3c2=O)cc1. The first kappa shape index (κ1) is 23.6. The van der Waals surface area contributed by atoms with Gasteiger partial charge in [0.25, 0.3) is 0 Å². The lowest BCUT2D eigenvalue weighted by molar-refractivity contribution is -0.133. The molecule has 1 heterocycles. The van der Waals surface area contributed by atoms with Crippen LogP contribution in [0, 0.1) is 0 Å². The summed E-state index contributed by atoms with van der Waals surface area (Å²) in [5, 5.41) is 0.264. The van der Waals surface area contributed by atoms with Gasteiger partial charge in [-0.15, -0.1) is 0 Å². The molecule has 4 rings (SSSR count). The maximum atomic E-state index is 12.8. The van der Waals surface area contributed by atoms with E-state index in [1.165, 1.54) is 24.5 Å². The standard InChI is InChI=1S/C27H22O8/c1-3-32-27(30)18-6-10-20(11-7-18)34-24-16-33-23-15-21(12-13-22(23)26(24)29)35-25(28)14-17-4-8-19(31-2)9-5-17/h4-13,15-16H,3,14H2,1-2H3. The lowest BCUT2D eigenvalue weighted by atomic mass is 10.1. The summed E-state index contributed by atoms with van der Waals surface area (Å²) < 4.78 is 26.6. The van der Waals surface area contributed by atoms with Gasteiger partial charge in [0.1, 0.15) is 29.1 Å². The predicted octanol–water partition coefficient (Wildman–Crippen LogP) is 4.92. The van der Waals surface area contributed by atoms with E-state index in [0.29, 0.717) is 17.1 Å². The Morgan fingerprint density at radius 3 is 2.26 bits per heavy atom. The summed E-state index contributed by atoms with van der Waals surface area (Å²) in [4.78, 5) is 36.9. The van der Waals surface area contributed by atoms with Crippen LogP contribution >= 0.6 is 0 Å². The first-order chi connectivity index (χ1) is 17.0. The third kappa shape index (κ3) is 5.67. The molecule has 0 saturated heterocycles. The largest absolute Gasteiger partial charge is 0.497 e. The molecule has 0 radical (unpaired) electrons. The summed E-state index contributed by atoms with van der Waals surface area (Å²) in [6, 6.07) is 17.8. The highest BCUT2D eigenvalue weighted by Crippen LogP contribution is 2.25. The zero-order valence-electron chi connectivity index (χ0n) is 19.1. The number of carbonyl (C=O) groups is 2.